The van der Waals surface area contributed by atoms with Gasteiger partial charge >= 0.3 is 0 Å². The lowest BCUT2D eigenvalue weighted by Crippen LogP contribution is -2.14. The lowest BCUT2D eigenvalue weighted by Gasteiger charge is -2.11. The van der Waals surface area contributed by atoms with Gasteiger partial charge in [0.05, 0.1) is 16.9 Å². The second kappa shape index (κ2) is 6.10. The topological polar surface area (TPSA) is 81.1 Å². The highest BCUT2D eigenvalue weighted by Crippen LogP contribution is 2.23. The SMILES string of the molecule is CCc1ccc(CNc2cccc(C(N)=O)c2N)cc1. The average Bonchev–Trinajstić information content (AvgIpc) is 2.46. The maximum Gasteiger partial charge on any atom is 0.250 e. The zero-order valence-electron chi connectivity index (χ0n) is 11.5. The molecule has 2 aromatic carbocycles. The van der Waals surface area contributed by atoms with Gasteiger partial charge in [-0.25, -0.2) is 0 Å². The number of nitrogens with one attached hydrogen (secondary N) is 1. The predicted octanol–water partition coefficient (Wildman–Crippen LogP) is 2.54. The van der Waals surface area contributed by atoms with Crippen LogP contribution in [0.25, 0.3) is 0 Å². The van der Waals surface area contributed by atoms with Crippen molar-refractivity contribution < 1.29 is 4.79 Å². The van der Waals surface area contributed by atoms with Gasteiger partial charge in [-0.1, -0.05) is 37.3 Å². The summed E-state index contributed by atoms with van der Waals surface area (Å²) < 4.78 is 0. The molecule has 0 saturated carbocycles. The Morgan fingerprint density at radius 1 is 1.10 bits per heavy atom. The molecule has 0 aliphatic heterocycles. The van der Waals surface area contributed by atoms with Crippen LogP contribution < -0.4 is 16.8 Å². The fraction of sp³-hybridized carbons (Fsp3) is 0.188. The molecule has 0 heterocycles. The minimum Gasteiger partial charge on any atom is -0.396 e. The highest BCUT2D eigenvalue weighted by atomic mass is 16.1. The van der Waals surface area contributed by atoms with Crippen LogP contribution in [0.2, 0.25) is 0 Å². The second-order valence-corrected chi connectivity index (χ2v) is 4.65. The van der Waals surface area contributed by atoms with Crippen molar-refractivity contribution in [2.45, 2.75) is 19.9 Å². The Balaban J connectivity index is 2.10. The maximum atomic E-state index is 11.2. The smallest absolute Gasteiger partial charge is 0.250 e. The van der Waals surface area contributed by atoms with Gasteiger partial charge in [0.2, 0.25) is 0 Å². The molecule has 0 fully saturated rings. The normalized spacial score (nSPS) is 10.2. The summed E-state index contributed by atoms with van der Waals surface area (Å²) in [6, 6.07) is 13.6. The van der Waals surface area contributed by atoms with Gasteiger partial charge in [-0.2, -0.15) is 0 Å². The molecule has 0 bridgehead atoms. The Labute approximate surface area is 118 Å². The molecule has 0 spiro atoms. The summed E-state index contributed by atoms with van der Waals surface area (Å²) in [6.45, 7) is 2.78. The first-order valence-electron chi connectivity index (χ1n) is 6.61. The number of amides is 1. The number of hydrogen-bond acceptors (Lipinski definition) is 3. The average molecular weight is 269 g/mol. The van der Waals surface area contributed by atoms with Crippen LogP contribution in [0.15, 0.2) is 42.5 Å². The largest absolute Gasteiger partial charge is 0.396 e. The fourth-order valence-corrected chi connectivity index (χ4v) is 2.02. The third kappa shape index (κ3) is 3.09. The molecule has 2 rings (SSSR count). The van der Waals surface area contributed by atoms with Gasteiger partial charge < -0.3 is 16.8 Å². The Morgan fingerprint density at radius 2 is 1.75 bits per heavy atom. The molecular weight excluding hydrogens is 250 g/mol. The van der Waals surface area contributed by atoms with Crippen molar-refractivity contribution in [3.63, 3.8) is 0 Å². The van der Waals surface area contributed by atoms with Gasteiger partial charge in [-0.15, -0.1) is 0 Å². The van der Waals surface area contributed by atoms with E-state index >= 15 is 0 Å². The summed E-state index contributed by atoms with van der Waals surface area (Å²) in [5, 5.41) is 3.23. The van der Waals surface area contributed by atoms with Crippen molar-refractivity contribution in [1.29, 1.82) is 0 Å². The van der Waals surface area contributed by atoms with Gasteiger partial charge in [-0.3, -0.25) is 4.79 Å². The summed E-state index contributed by atoms with van der Waals surface area (Å²) >= 11 is 0. The minimum absolute atomic E-state index is 0.344. The zero-order valence-corrected chi connectivity index (χ0v) is 11.5. The monoisotopic (exact) mass is 269 g/mol. The van der Waals surface area contributed by atoms with E-state index in [0.717, 1.165) is 17.7 Å². The maximum absolute atomic E-state index is 11.2. The highest BCUT2D eigenvalue weighted by molar-refractivity contribution is 6.00. The van der Waals surface area contributed by atoms with Crippen molar-refractivity contribution in [1.82, 2.24) is 0 Å². The summed E-state index contributed by atoms with van der Waals surface area (Å²) in [7, 11) is 0. The van der Waals surface area contributed by atoms with E-state index in [2.05, 4.69) is 36.5 Å². The van der Waals surface area contributed by atoms with E-state index < -0.39 is 5.91 Å². The predicted molar refractivity (Wildman–Crippen MR) is 82.5 cm³/mol. The molecule has 5 N–H and O–H groups in total. The number of carbonyl (C=O) groups excluding carboxylic acids is 1. The van der Waals surface area contributed by atoms with Gasteiger partial charge in [0.25, 0.3) is 5.91 Å². The number of para-hydroxylation sites is 1. The van der Waals surface area contributed by atoms with E-state index in [1.54, 1.807) is 12.1 Å². The van der Waals surface area contributed by atoms with E-state index in [0.29, 0.717) is 17.8 Å². The molecule has 0 aliphatic carbocycles. The summed E-state index contributed by atoms with van der Waals surface area (Å²) in [4.78, 5) is 11.2. The number of anilines is 2. The van der Waals surface area contributed by atoms with Crippen LogP contribution in [0, 0.1) is 0 Å². The van der Waals surface area contributed by atoms with Crippen molar-refractivity contribution >= 4 is 17.3 Å². The number of rotatable bonds is 5. The van der Waals surface area contributed by atoms with Gasteiger partial charge in [-0.05, 0) is 29.7 Å². The van der Waals surface area contributed by atoms with Crippen LogP contribution in [-0.2, 0) is 13.0 Å². The molecule has 0 aliphatic rings. The Morgan fingerprint density at radius 3 is 2.35 bits per heavy atom. The quantitative estimate of drug-likeness (QED) is 0.730. The molecule has 4 nitrogen and oxygen atoms in total. The van der Waals surface area contributed by atoms with Gasteiger partial charge in [0.15, 0.2) is 0 Å². The summed E-state index contributed by atoms with van der Waals surface area (Å²) in [5.41, 5.74) is 15.1. The van der Waals surface area contributed by atoms with Crippen LogP contribution in [-0.4, -0.2) is 5.91 Å². The van der Waals surface area contributed by atoms with E-state index in [9.17, 15) is 4.79 Å². The molecule has 0 atom stereocenters. The number of nitrogen functional groups attached to an aromatic ring is 1. The first kappa shape index (κ1) is 13.9. The fourth-order valence-electron chi connectivity index (χ4n) is 2.02. The molecular formula is C16H19N3O. The van der Waals surface area contributed by atoms with Crippen LogP contribution in [0.5, 0.6) is 0 Å². The first-order chi connectivity index (χ1) is 9.61. The summed E-state index contributed by atoms with van der Waals surface area (Å²) in [6.07, 6.45) is 1.03. The molecule has 20 heavy (non-hydrogen) atoms. The highest BCUT2D eigenvalue weighted by Gasteiger charge is 2.08. The first-order valence-corrected chi connectivity index (χ1v) is 6.61. The van der Waals surface area contributed by atoms with Crippen molar-refractivity contribution in [3.05, 3.63) is 59.2 Å². The number of primary amides is 1. The Kier molecular flexibility index (Phi) is 4.25. The van der Waals surface area contributed by atoms with E-state index in [1.807, 2.05) is 6.07 Å². The zero-order chi connectivity index (χ0) is 14.5. The van der Waals surface area contributed by atoms with Crippen molar-refractivity contribution in [2.24, 2.45) is 5.73 Å². The third-order valence-electron chi connectivity index (χ3n) is 3.29. The number of nitrogens with two attached hydrogens (primary N) is 2. The van der Waals surface area contributed by atoms with E-state index in [-0.39, 0.29) is 0 Å². The third-order valence-corrected chi connectivity index (χ3v) is 3.29. The van der Waals surface area contributed by atoms with Crippen molar-refractivity contribution in [3.8, 4) is 0 Å². The molecule has 104 valence electrons. The molecule has 1 amide bonds. The van der Waals surface area contributed by atoms with Gasteiger partial charge in [0.1, 0.15) is 0 Å². The van der Waals surface area contributed by atoms with E-state index in [4.69, 9.17) is 11.5 Å². The molecule has 0 aromatic heterocycles. The second-order valence-electron chi connectivity index (χ2n) is 4.65. The van der Waals surface area contributed by atoms with Crippen LogP contribution in [0.1, 0.15) is 28.4 Å². The van der Waals surface area contributed by atoms with Crippen LogP contribution in [0.4, 0.5) is 11.4 Å². The lowest BCUT2D eigenvalue weighted by molar-refractivity contribution is 0.100. The molecule has 0 unspecified atom stereocenters. The number of carbonyl (C=O) groups is 1. The number of hydrogen-bond donors (Lipinski definition) is 3. The molecule has 2 aromatic rings. The Bertz CT molecular complexity index is 606. The van der Waals surface area contributed by atoms with Crippen molar-refractivity contribution in [2.75, 3.05) is 11.1 Å². The number of aryl methyl sites for hydroxylation is 1. The van der Waals surface area contributed by atoms with Gasteiger partial charge in [0, 0.05) is 6.54 Å². The minimum atomic E-state index is -0.515. The van der Waals surface area contributed by atoms with Crippen LogP contribution in [0.3, 0.4) is 0 Å². The molecule has 4 heteroatoms. The number of benzene rings is 2. The lowest BCUT2D eigenvalue weighted by atomic mass is 10.1. The van der Waals surface area contributed by atoms with Crippen LogP contribution >= 0.6 is 0 Å². The van der Waals surface area contributed by atoms with E-state index in [1.165, 1.54) is 5.56 Å². The molecule has 0 saturated heterocycles. The Hall–Kier alpha value is -2.49. The molecule has 0 radical (unpaired) electrons. The standard InChI is InChI=1S/C16H19N3O/c1-2-11-6-8-12(9-7-11)10-19-14-5-3-4-13(15(14)17)16(18)20/h3-9,19H,2,10,17H2,1H3,(H2,18,20). The summed E-state index contributed by atoms with van der Waals surface area (Å²) in [5.74, 6) is -0.515.